The molecule has 8 rings (SSSR count). The van der Waals surface area contributed by atoms with Crippen LogP contribution in [-0.4, -0.2) is 92.9 Å². The van der Waals surface area contributed by atoms with E-state index < -0.39 is 11.8 Å². The standard InChI is InChI=1S/C34H36FN5O4/c35-30-26(28-16-24(41)15-21-5-1-2-6-25(21)28)9-10-27-31(30)36-33(44-20-34-11-3-13-39(34)14-4-12-34)37-32(27)38-17-22-7-8-23(18-38)40(22)19-29(42)43/h1-2,5-6,9-10,15-16,22-23,41H,3-4,7-8,11-14,17-20H2,(H,42,43). The molecule has 2 unspecified atom stereocenters. The molecule has 0 saturated carbocycles. The van der Waals surface area contributed by atoms with E-state index in [9.17, 15) is 15.0 Å². The van der Waals surface area contributed by atoms with Crippen molar-refractivity contribution in [1.29, 1.82) is 0 Å². The summed E-state index contributed by atoms with van der Waals surface area (Å²) in [6.45, 7) is 3.85. The van der Waals surface area contributed by atoms with E-state index in [1.807, 2.05) is 30.3 Å². The number of piperazine rings is 1. The number of ether oxygens (including phenoxy) is 1. The van der Waals surface area contributed by atoms with Crippen LogP contribution in [0.1, 0.15) is 38.5 Å². The fourth-order valence-electron chi connectivity index (χ4n) is 8.39. The van der Waals surface area contributed by atoms with Gasteiger partial charge in [0.2, 0.25) is 0 Å². The lowest BCUT2D eigenvalue weighted by Gasteiger charge is -2.41. The number of aliphatic carboxylic acids is 1. The van der Waals surface area contributed by atoms with E-state index in [0.29, 0.717) is 42.0 Å². The first-order valence-electron chi connectivity index (χ1n) is 15.7. The topological polar surface area (TPSA) is 102 Å². The Morgan fingerprint density at radius 2 is 1.73 bits per heavy atom. The van der Waals surface area contributed by atoms with Gasteiger partial charge in [-0.1, -0.05) is 30.3 Å². The molecule has 2 bridgehead atoms. The van der Waals surface area contributed by atoms with Gasteiger partial charge in [0.25, 0.3) is 0 Å². The fourth-order valence-corrected chi connectivity index (χ4v) is 8.39. The lowest BCUT2D eigenvalue weighted by molar-refractivity contribution is -0.139. The van der Waals surface area contributed by atoms with Crippen LogP contribution in [0.3, 0.4) is 0 Å². The summed E-state index contributed by atoms with van der Waals surface area (Å²) in [6.07, 6.45) is 6.28. The van der Waals surface area contributed by atoms with Crippen molar-refractivity contribution in [2.45, 2.75) is 56.1 Å². The summed E-state index contributed by atoms with van der Waals surface area (Å²) in [5, 5.41) is 22.2. The molecule has 4 saturated heterocycles. The van der Waals surface area contributed by atoms with Gasteiger partial charge in [-0.2, -0.15) is 9.97 Å². The third-order valence-electron chi connectivity index (χ3n) is 10.4. The normalized spacial score (nSPS) is 23.1. The minimum absolute atomic E-state index is 0.0130. The predicted octanol–water partition coefficient (Wildman–Crippen LogP) is 5.04. The molecule has 10 heteroatoms. The zero-order valence-electron chi connectivity index (χ0n) is 24.6. The number of rotatable bonds is 7. The van der Waals surface area contributed by atoms with E-state index in [-0.39, 0.29) is 41.4 Å². The van der Waals surface area contributed by atoms with Gasteiger partial charge >= 0.3 is 12.0 Å². The van der Waals surface area contributed by atoms with Crippen LogP contribution in [0, 0.1) is 5.82 Å². The van der Waals surface area contributed by atoms with Gasteiger partial charge in [0.05, 0.1) is 12.1 Å². The van der Waals surface area contributed by atoms with Gasteiger partial charge in [0.15, 0.2) is 5.82 Å². The molecular formula is C34H36FN5O4. The van der Waals surface area contributed by atoms with E-state index in [4.69, 9.17) is 14.7 Å². The van der Waals surface area contributed by atoms with Crippen LogP contribution in [0.2, 0.25) is 0 Å². The van der Waals surface area contributed by atoms with Gasteiger partial charge in [0, 0.05) is 36.1 Å². The van der Waals surface area contributed by atoms with Gasteiger partial charge in [-0.3, -0.25) is 14.6 Å². The summed E-state index contributed by atoms with van der Waals surface area (Å²) in [4.78, 5) is 27.9. The number of carboxylic acid groups (broad SMARTS) is 1. The van der Waals surface area contributed by atoms with Gasteiger partial charge < -0.3 is 19.8 Å². The largest absolute Gasteiger partial charge is 0.508 e. The molecule has 1 aromatic heterocycles. The predicted molar refractivity (Wildman–Crippen MR) is 166 cm³/mol. The lowest BCUT2D eigenvalue weighted by Crippen LogP contribution is -2.55. The molecule has 4 aliphatic rings. The highest BCUT2D eigenvalue weighted by Crippen LogP contribution is 2.42. The monoisotopic (exact) mass is 597 g/mol. The van der Waals surface area contributed by atoms with Crippen LogP contribution >= 0.6 is 0 Å². The van der Waals surface area contributed by atoms with Gasteiger partial charge in [-0.25, -0.2) is 4.39 Å². The SMILES string of the molecule is O=C(O)CN1C2CCC1CN(c1nc(OCC34CCCN3CCC4)nc3c(F)c(-c4cc(O)cc5ccccc45)ccc13)C2. The quantitative estimate of drug-likeness (QED) is 0.303. The Labute approximate surface area is 254 Å². The Bertz CT molecular complexity index is 1760. The van der Waals surface area contributed by atoms with Crippen molar-refractivity contribution in [2.75, 3.05) is 44.2 Å². The van der Waals surface area contributed by atoms with Crippen molar-refractivity contribution in [3.05, 3.63) is 54.3 Å². The highest BCUT2D eigenvalue weighted by atomic mass is 19.1. The molecule has 3 aromatic carbocycles. The summed E-state index contributed by atoms with van der Waals surface area (Å²) in [5.41, 5.74) is 1.11. The van der Waals surface area contributed by atoms with Crippen LogP contribution in [-0.2, 0) is 4.79 Å². The third kappa shape index (κ3) is 4.54. The van der Waals surface area contributed by atoms with Crippen molar-refractivity contribution in [3.8, 4) is 22.9 Å². The van der Waals surface area contributed by atoms with Crippen molar-refractivity contribution < 1.29 is 24.1 Å². The Morgan fingerprint density at radius 3 is 2.48 bits per heavy atom. The summed E-state index contributed by atoms with van der Waals surface area (Å²) < 4.78 is 23.1. The van der Waals surface area contributed by atoms with Gasteiger partial charge in [0.1, 0.15) is 23.7 Å². The number of aromatic nitrogens is 2. The number of aromatic hydroxyl groups is 1. The maximum absolute atomic E-state index is 16.7. The molecule has 4 fully saturated rings. The Kier molecular flexibility index (Phi) is 6.60. The number of benzene rings is 3. The zero-order valence-corrected chi connectivity index (χ0v) is 24.6. The van der Waals surface area contributed by atoms with Crippen molar-refractivity contribution in [2.24, 2.45) is 0 Å². The first-order valence-corrected chi connectivity index (χ1v) is 15.7. The van der Waals surface area contributed by atoms with Crippen molar-refractivity contribution in [3.63, 3.8) is 0 Å². The molecule has 2 N–H and O–H groups in total. The summed E-state index contributed by atoms with van der Waals surface area (Å²) in [5.74, 6) is -0.617. The first kappa shape index (κ1) is 27.5. The molecule has 228 valence electrons. The number of anilines is 1. The summed E-state index contributed by atoms with van der Waals surface area (Å²) in [7, 11) is 0. The van der Waals surface area contributed by atoms with Crippen LogP contribution < -0.4 is 9.64 Å². The maximum atomic E-state index is 16.7. The lowest BCUT2D eigenvalue weighted by atomic mass is 9.95. The number of hydrogen-bond donors (Lipinski definition) is 2. The second-order valence-corrected chi connectivity index (χ2v) is 12.9. The van der Waals surface area contributed by atoms with Crippen molar-refractivity contribution in [1.82, 2.24) is 19.8 Å². The molecule has 44 heavy (non-hydrogen) atoms. The van der Waals surface area contributed by atoms with E-state index >= 15 is 4.39 Å². The Morgan fingerprint density at radius 1 is 0.977 bits per heavy atom. The van der Waals surface area contributed by atoms with Gasteiger partial charge in [-0.15, -0.1) is 0 Å². The molecule has 0 aliphatic carbocycles. The molecule has 4 aromatic rings. The second-order valence-electron chi connectivity index (χ2n) is 12.9. The van der Waals surface area contributed by atoms with E-state index in [1.54, 1.807) is 18.2 Å². The minimum Gasteiger partial charge on any atom is -0.508 e. The molecule has 0 radical (unpaired) electrons. The number of carbonyl (C=O) groups is 1. The minimum atomic E-state index is -0.820. The van der Waals surface area contributed by atoms with E-state index in [2.05, 4.69) is 14.7 Å². The number of phenols is 1. The van der Waals surface area contributed by atoms with Crippen LogP contribution in [0.25, 0.3) is 32.8 Å². The molecule has 5 heterocycles. The summed E-state index contributed by atoms with van der Waals surface area (Å²) >= 11 is 0. The highest BCUT2D eigenvalue weighted by molar-refractivity contribution is 6.01. The molecular weight excluding hydrogens is 561 g/mol. The third-order valence-corrected chi connectivity index (χ3v) is 10.4. The molecule has 0 spiro atoms. The molecule has 4 aliphatic heterocycles. The Hall–Kier alpha value is -4.02. The first-order chi connectivity index (χ1) is 21.4. The second kappa shape index (κ2) is 10.6. The van der Waals surface area contributed by atoms with Crippen molar-refractivity contribution >= 4 is 33.5 Å². The number of hydrogen-bond acceptors (Lipinski definition) is 8. The van der Waals surface area contributed by atoms with E-state index in [1.165, 1.54) is 0 Å². The highest BCUT2D eigenvalue weighted by Gasteiger charge is 2.45. The number of phenolic OH excluding ortho intramolecular Hbond substituents is 1. The fraction of sp³-hybridized carbons (Fsp3) is 0.441. The van der Waals surface area contributed by atoms with Gasteiger partial charge in [-0.05, 0) is 86.1 Å². The smallest absolute Gasteiger partial charge is 0.319 e. The number of nitrogens with zero attached hydrogens (tertiary/aromatic N) is 5. The molecule has 9 nitrogen and oxygen atoms in total. The maximum Gasteiger partial charge on any atom is 0.319 e. The average molecular weight is 598 g/mol. The van der Waals surface area contributed by atoms with Crippen LogP contribution in [0.5, 0.6) is 11.8 Å². The van der Waals surface area contributed by atoms with Crippen LogP contribution in [0.15, 0.2) is 48.5 Å². The zero-order chi connectivity index (χ0) is 30.0. The molecule has 0 amide bonds. The molecule has 2 atom stereocenters. The number of fused-ring (bicyclic) bond motifs is 5. The Balaban J connectivity index is 1.22. The number of carboxylic acids is 1. The average Bonchev–Trinajstić information content (AvgIpc) is 3.65. The summed E-state index contributed by atoms with van der Waals surface area (Å²) in [6, 6.07) is 14.9. The van der Waals surface area contributed by atoms with E-state index in [0.717, 1.165) is 62.4 Å². The van der Waals surface area contributed by atoms with Crippen LogP contribution in [0.4, 0.5) is 10.2 Å². The number of halogens is 1.